The molecule has 0 bridgehead atoms. The van der Waals surface area contributed by atoms with Crippen molar-refractivity contribution in [3.05, 3.63) is 94.5 Å². The third-order valence-corrected chi connectivity index (χ3v) is 5.03. The molecular weight excluding hydrogens is 388 g/mol. The topological polar surface area (TPSA) is 58.6 Å². The van der Waals surface area contributed by atoms with Gasteiger partial charge in [0.05, 0.1) is 17.9 Å². The minimum atomic E-state index is -0.476. The summed E-state index contributed by atoms with van der Waals surface area (Å²) in [7, 11) is 0. The minimum Gasteiger partial charge on any atom is -0.462 e. The van der Waals surface area contributed by atoms with Gasteiger partial charge in [-0.05, 0) is 49.4 Å². The van der Waals surface area contributed by atoms with Crippen molar-refractivity contribution < 1.29 is 14.3 Å². The molecule has 3 aromatic rings. The van der Waals surface area contributed by atoms with Crippen molar-refractivity contribution in [1.82, 2.24) is 0 Å². The summed E-state index contributed by atoms with van der Waals surface area (Å²) in [6.45, 7) is 2.05. The first kappa shape index (κ1) is 19.0. The second-order valence-electron chi connectivity index (χ2n) is 6.55. The molecule has 0 radical (unpaired) electrons. The van der Waals surface area contributed by atoms with E-state index in [2.05, 4.69) is 5.32 Å². The number of anilines is 2. The molecule has 1 heterocycles. The molecule has 0 saturated heterocycles. The molecule has 146 valence electrons. The summed E-state index contributed by atoms with van der Waals surface area (Å²) in [5.74, 6) is -0.528. The van der Waals surface area contributed by atoms with Gasteiger partial charge in [-0.1, -0.05) is 41.9 Å². The quantitative estimate of drug-likeness (QED) is 0.585. The number of hydrogen-bond donors (Lipinski definition) is 1. The van der Waals surface area contributed by atoms with Crippen LogP contribution in [0.25, 0.3) is 0 Å². The highest BCUT2D eigenvalue weighted by molar-refractivity contribution is 6.30. The second-order valence-corrected chi connectivity index (χ2v) is 6.99. The van der Waals surface area contributed by atoms with Crippen LogP contribution in [0.15, 0.2) is 72.8 Å². The van der Waals surface area contributed by atoms with E-state index in [1.54, 1.807) is 60.4 Å². The molecule has 1 amide bonds. The molecule has 1 unspecified atom stereocenters. The van der Waals surface area contributed by atoms with Crippen LogP contribution in [0.3, 0.4) is 0 Å². The monoisotopic (exact) mass is 406 g/mol. The summed E-state index contributed by atoms with van der Waals surface area (Å²) in [4.78, 5) is 27.2. The number of rotatable bonds is 5. The zero-order chi connectivity index (χ0) is 20.4. The van der Waals surface area contributed by atoms with Gasteiger partial charge in [-0.15, -0.1) is 0 Å². The number of hydrogen-bond acceptors (Lipinski definition) is 4. The molecule has 0 fully saturated rings. The second kappa shape index (κ2) is 7.97. The van der Waals surface area contributed by atoms with Crippen LogP contribution in [0.5, 0.6) is 0 Å². The van der Waals surface area contributed by atoms with Crippen LogP contribution in [0.2, 0.25) is 5.02 Å². The first-order valence-electron chi connectivity index (χ1n) is 9.31. The zero-order valence-electron chi connectivity index (χ0n) is 15.8. The van der Waals surface area contributed by atoms with Gasteiger partial charge in [-0.25, -0.2) is 4.79 Å². The van der Waals surface area contributed by atoms with Gasteiger partial charge in [0.1, 0.15) is 6.17 Å². The van der Waals surface area contributed by atoms with Gasteiger partial charge >= 0.3 is 5.97 Å². The normalized spacial score (nSPS) is 15.2. The predicted octanol–water partition coefficient (Wildman–Crippen LogP) is 5.29. The molecule has 0 aliphatic carbocycles. The number of carbonyl (C=O) groups is 2. The average molecular weight is 407 g/mol. The first-order valence-corrected chi connectivity index (χ1v) is 9.68. The van der Waals surface area contributed by atoms with Gasteiger partial charge in [-0.2, -0.15) is 0 Å². The van der Waals surface area contributed by atoms with Crippen LogP contribution in [-0.4, -0.2) is 18.5 Å². The third kappa shape index (κ3) is 3.57. The summed E-state index contributed by atoms with van der Waals surface area (Å²) in [5.41, 5.74) is 3.18. The molecular formula is C23H19ClN2O3. The van der Waals surface area contributed by atoms with E-state index in [4.69, 9.17) is 16.3 Å². The SMILES string of the molecule is CCOC(=O)c1ccccc1NC1c2ccccc2C(=O)N1c1ccc(Cl)cc1. The number of nitrogens with one attached hydrogen (secondary N) is 1. The highest BCUT2D eigenvalue weighted by Crippen LogP contribution is 2.38. The Labute approximate surface area is 173 Å². The van der Waals surface area contributed by atoms with E-state index in [1.807, 2.05) is 24.3 Å². The number of ether oxygens (including phenoxy) is 1. The van der Waals surface area contributed by atoms with Crippen LogP contribution >= 0.6 is 11.6 Å². The van der Waals surface area contributed by atoms with Crippen LogP contribution in [0, 0.1) is 0 Å². The summed E-state index contributed by atoms with van der Waals surface area (Å²) < 4.78 is 5.17. The molecule has 1 N–H and O–H groups in total. The maximum Gasteiger partial charge on any atom is 0.340 e. The van der Waals surface area contributed by atoms with Crippen LogP contribution < -0.4 is 10.2 Å². The molecule has 4 rings (SSSR count). The molecule has 1 atom stereocenters. The Morgan fingerprint density at radius 2 is 1.72 bits per heavy atom. The number of esters is 1. The molecule has 0 spiro atoms. The van der Waals surface area contributed by atoms with Crippen LogP contribution in [-0.2, 0) is 4.74 Å². The minimum absolute atomic E-state index is 0.117. The number of nitrogens with zero attached hydrogens (tertiary/aromatic N) is 1. The highest BCUT2D eigenvalue weighted by Gasteiger charge is 2.38. The lowest BCUT2D eigenvalue weighted by molar-refractivity contribution is 0.0527. The Kier molecular flexibility index (Phi) is 5.23. The Morgan fingerprint density at radius 1 is 1.03 bits per heavy atom. The van der Waals surface area contributed by atoms with E-state index in [1.165, 1.54) is 0 Å². The van der Waals surface area contributed by atoms with Crippen molar-refractivity contribution in [2.75, 3.05) is 16.8 Å². The van der Waals surface area contributed by atoms with E-state index in [9.17, 15) is 9.59 Å². The number of carbonyl (C=O) groups excluding carboxylic acids is 2. The molecule has 0 aromatic heterocycles. The van der Waals surface area contributed by atoms with Crippen LogP contribution in [0.4, 0.5) is 11.4 Å². The lowest BCUT2D eigenvalue weighted by atomic mass is 10.1. The standard InChI is InChI=1S/C23H19ClN2O3/c1-2-29-23(28)19-9-5-6-10-20(19)25-21-17-7-3-4-8-18(17)22(27)26(21)16-13-11-15(24)12-14-16/h3-14,21,25H,2H2,1H3. The van der Waals surface area contributed by atoms with Crippen molar-refractivity contribution in [2.24, 2.45) is 0 Å². The fourth-order valence-electron chi connectivity index (χ4n) is 3.47. The summed E-state index contributed by atoms with van der Waals surface area (Å²) in [6, 6.07) is 21.7. The van der Waals surface area contributed by atoms with Gasteiger partial charge in [0.15, 0.2) is 0 Å². The van der Waals surface area contributed by atoms with E-state index in [0.29, 0.717) is 27.5 Å². The van der Waals surface area contributed by atoms with Crippen molar-refractivity contribution in [3.63, 3.8) is 0 Å². The molecule has 0 saturated carbocycles. The fourth-order valence-corrected chi connectivity index (χ4v) is 3.60. The Bertz CT molecular complexity index is 1070. The molecule has 29 heavy (non-hydrogen) atoms. The Hall–Kier alpha value is -3.31. The fraction of sp³-hybridized carbons (Fsp3) is 0.130. The van der Waals surface area contributed by atoms with Crippen molar-refractivity contribution in [2.45, 2.75) is 13.1 Å². The number of benzene rings is 3. The highest BCUT2D eigenvalue weighted by atomic mass is 35.5. The van der Waals surface area contributed by atoms with Gasteiger partial charge in [-0.3, -0.25) is 9.69 Å². The van der Waals surface area contributed by atoms with Crippen LogP contribution in [0.1, 0.15) is 39.4 Å². The summed E-state index contributed by atoms with van der Waals surface area (Å²) in [6.07, 6.45) is -0.476. The Balaban J connectivity index is 1.77. The maximum atomic E-state index is 13.2. The lowest BCUT2D eigenvalue weighted by Gasteiger charge is -2.28. The third-order valence-electron chi connectivity index (χ3n) is 4.78. The predicted molar refractivity (Wildman–Crippen MR) is 113 cm³/mol. The summed E-state index contributed by atoms with van der Waals surface area (Å²) in [5, 5.41) is 3.96. The van der Waals surface area contributed by atoms with E-state index in [0.717, 1.165) is 5.56 Å². The number of para-hydroxylation sites is 1. The molecule has 6 heteroatoms. The van der Waals surface area contributed by atoms with E-state index in [-0.39, 0.29) is 12.5 Å². The molecule has 5 nitrogen and oxygen atoms in total. The molecule has 3 aromatic carbocycles. The first-order chi connectivity index (χ1) is 14.1. The Morgan fingerprint density at radius 3 is 2.48 bits per heavy atom. The van der Waals surface area contributed by atoms with Crippen molar-refractivity contribution in [3.8, 4) is 0 Å². The van der Waals surface area contributed by atoms with Gasteiger partial charge < -0.3 is 10.1 Å². The maximum absolute atomic E-state index is 13.2. The zero-order valence-corrected chi connectivity index (χ0v) is 16.5. The van der Waals surface area contributed by atoms with Crippen molar-refractivity contribution >= 4 is 34.9 Å². The average Bonchev–Trinajstić information content (AvgIpc) is 3.01. The number of fused-ring (bicyclic) bond motifs is 1. The molecule has 1 aliphatic rings. The lowest BCUT2D eigenvalue weighted by Crippen LogP contribution is -2.32. The number of halogens is 1. The summed E-state index contributed by atoms with van der Waals surface area (Å²) >= 11 is 6.02. The van der Waals surface area contributed by atoms with Gasteiger partial charge in [0.2, 0.25) is 0 Å². The molecule has 1 aliphatic heterocycles. The van der Waals surface area contributed by atoms with E-state index >= 15 is 0 Å². The smallest absolute Gasteiger partial charge is 0.340 e. The van der Waals surface area contributed by atoms with E-state index < -0.39 is 12.1 Å². The van der Waals surface area contributed by atoms with Gasteiger partial charge in [0, 0.05) is 21.8 Å². The largest absolute Gasteiger partial charge is 0.462 e. The van der Waals surface area contributed by atoms with Gasteiger partial charge in [0.25, 0.3) is 5.91 Å². The van der Waals surface area contributed by atoms with Crippen molar-refractivity contribution in [1.29, 1.82) is 0 Å². The number of amides is 1.